The average Bonchev–Trinajstić information content (AvgIpc) is 3.24. The Morgan fingerprint density at radius 2 is 2.05 bits per heavy atom. The smallest absolute Gasteiger partial charge is 0.249 e. The lowest BCUT2D eigenvalue weighted by Gasteiger charge is -2.01. The van der Waals surface area contributed by atoms with Gasteiger partial charge in [-0.05, 0) is 23.6 Å². The standard InChI is InChI=1S/C15H11N3O2S/c16-13(12-6-3-7-21-12)15-17-14(18-20-15)11-8-9-4-1-2-5-10(9)19-11/h1-8,13H,16H2. The fourth-order valence-electron chi connectivity index (χ4n) is 2.14. The van der Waals surface area contributed by atoms with Gasteiger partial charge in [0.05, 0.1) is 0 Å². The molecule has 0 aliphatic rings. The van der Waals surface area contributed by atoms with E-state index in [2.05, 4.69) is 10.1 Å². The summed E-state index contributed by atoms with van der Waals surface area (Å²) in [4.78, 5) is 5.32. The first-order valence-electron chi connectivity index (χ1n) is 6.43. The first kappa shape index (κ1) is 12.3. The molecule has 0 amide bonds. The summed E-state index contributed by atoms with van der Waals surface area (Å²) in [7, 11) is 0. The Kier molecular flexibility index (Phi) is 2.83. The summed E-state index contributed by atoms with van der Waals surface area (Å²) < 4.78 is 11.0. The molecule has 2 N–H and O–H groups in total. The van der Waals surface area contributed by atoms with Crippen molar-refractivity contribution in [3.8, 4) is 11.6 Å². The Hall–Kier alpha value is -2.44. The van der Waals surface area contributed by atoms with E-state index in [1.54, 1.807) is 11.3 Å². The molecule has 6 heteroatoms. The summed E-state index contributed by atoms with van der Waals surface area (Å²) in [5, 5.41) is 6.92. The summed E-state index contributed by atoms with van der Waals surface area (Å²) in [6.45, 7) is 0. The second-order valence-corrected chi connectivity index (χ2v) is 5.58. The molecule has 0 aliphatic carbocycles. The van der Waals surface area contributed by atoms with E-state index in [0.717, 1.165) is 15.8 Å². The summed E-state index contributed by atoms with van der Waals surface area (Å²) in [6, 6.07) is 13.1. The van der Waals surface area contributed by atoms with Crippen molar-refractivity contribution in [2.24, 2.45) is 5.73 Å². The van der Waals surface area contributed by atoms with Crippen LogP contribution in [0.15, 0.2) is 56.8 Å². The molecule has 3 heterocycles. The second-order valence-electron chi connectivity index (χ2n) is 4.60. The molecule has 0 bridgehead atoms. The maximum atomic E-state index is 6.11. The number of fused-ring (bicyclic) bond motifs is 1. The molecule has 0 saturated carbocycles. The van der Waals surface area contributed by atoms with Crippen LogP contribution in [0.3, 0.4) is 0 Å². The van der Waals surface area contributed by atoms with E-state index in [0.29, 0.717) is 17.5 Å². The minimum absolute atomic E-state index is 0.382. The van der Waals surface area contributed by atoms with Crippen LogP contribution >= 0.6 is 11.3 Å². The highest BCUT2D eigenvalue weighted by atomic mass is 32.1. The SMILES string of the molecule is NC(c1nc(-c2cc3ccccc3o2)no1)c1cccs1. The molecule has 0 spiro atoms. The van der Waals surface area contributed by atoms with Gasteiger partial charge in [-0.2, -0.15) is 4.98 Å². The number of nitrogens with zero attached hydrogens (tertiary/aromatic N) is 2. The summed E-state index contributed by atoms with van der Waals surface area (Å²) in [5.74, 6) is 1.37. The van der Waals surface area contributed by atoms with Crippen molar-refractivity contribution in [2.75, 3.05) is 0 Å². The molecule has 0 fully saturated rings. The quantitative estimate of drug-likeness (QED) is 0.625. The number of aromatic nitrogens is 2. The van der Waals surface area contributed by atoms with Crippen molar-refractivity contribution in [2.45, 2.75) is 6.04 Å². The summed E-state index contributed by atoms with van der Waals surface area (Å²) in [5.41, 5.74) is 6.90. The fourth-order valence-corrected chi connectivity index (χ4v) is 2.86. The first-order valence-corrected chi connectivity index (χ1v) is 7.31. The molecular weight excluding hydrogens is 286 g/mol. The highest BCUT2D eigenvalue weighted by Gasteiger charge is 2.20. The number of thiophene rings is 1. The predicted molar refractivity (Wildman–Crippen MR) is 79.9 cm³/mol. The molecule has 0 radical (unpaired) electrons. The van der Waals surface area contributed by atoms with Crippen LogP contribution in [-0.2, 0) is 0 Å². The molecule has 21 heavy (non-hydrogen) atoms. The van der Waals surface area contributed by atoms with Crippen molar-refractivity contribution in [1.82, 2.24) is 10.1 Å². The van der Waals surface area contributed by atoms with Gasteiger partial charge in [0.1, 0.15) is 11.6 Å². The zero-order valence-corrected chi connectivity index (χ0v) is 11.7. The van der Waals surface area contributed by atoms with E-state index in [1.165, 1.54) is 0 Å². The molecule has 1 aromatic carbocycles. The Bertz CT molecular complexity index is 846. The van der Waals surface area contributed by atoms with Gasteiger partial charge in [-0.15, -0.1) is 11.3 Å². The second kappa shape index (κ2) is 4.83. The Morgan fingerprint density at radius 1 is 1.14 bits per heavy atom. The van der Waals surface area contributed by atoms with Crippen molar-refractivity contribution < 1.29 is 8.94 Å². The van der Waals surface area contributed by atoms with E-state index in [4.69, 9.17) is 14.7 Å². The number of rotatable bonds is 3. The van der Waals surface area contributed by atoms with Crippen LogP contribution in [0.25, 0.3) is 22.6 Å². The normalized spacial score (nSPS) is 12.8. The third-order valence-corrected chi connectivity index (χ3v) is 4.16. The molecule has 104 valence electrons. The molecule has 3 aromatic heterocycles. The minimum Gasteiger partial charge on any atom is -0.453 e. The van der Waals surface area contributed by atoms with Crippen LogP contribution in [-0.4, -0.2) is 10.1 Å². The molecule has 0 aliphatic heterocycles. The first-order chi connectivity index (χ1) is 10.3. The summed E-state index contributed by atoms with van der Waals surface area (Å²) >= 11 is 1.56. The predicted octanol–water partition coefficient (Wildman–Crippen LogP) is 3.59. The number of furan rings is 1. The van der Waals surface area contributed by atoms with Crippen molar-refractivity contribution in [1.29, 1.82) is 0 Å². The number of hydrogen-bond acceptors (Lipinski definition) is 6. The van der Waals surface area contributed by atoms with Crippen molar-refractivity contribution in [3.63, 3.8) is 0 Å². The van der Waals surface area contributed by atoms with E-state index in [9.17, 15) is 0 Å². The third kappa shape index (κ3) is 2.14. The fraction of sp³-hybridized carbons (Fsp3) is 0.0667. The van der Waals surface area contributed by atoms with E-state index in [-0.39, 0.29) is 0 Å². The van der Waals surface area contributed by atoms with E-state index < -0.39 is 6.04 Å². The van der Waals surface area contributed by atoms with E-state index >= 15 is 0 Å². The summed E-state index contributed by atoms with van der Waals surface area (Å²) in [6.07, 6.45) is 0. The number of hydrogen-bond donors (Lipinski definition) is 1. The van der Waals surface area contributed by atoms with Gasteiger partial charge in [0, 0.05) is 10.3 Å². The van der Waals surface area contributed by atoms with Gasteiger partial charge in [-0.3, -0.25) is 0 Å². The largest absolute Gasteiger partial charge is 0.453 e. The third-order valence-electron chi connectivity index (χ3n) is 3.20. The molecule has 1 atom stereocenters. The Morgan fingerprint density at radius 3 is 2.86 bits per heavy atom. The van der Waals surface area contributed by atoms with Crippen LogP contribution in [0.2, 0.25) is 0 Å². The number of benzene rings is 1. The Balaban J connectivity index is 1.70. The molecule has 1 unspecified atom stereocenters. The van der Waals surface area contributed by atoms with Gasteiger partial charge < -0.3 is 14.7 Å². The van der Waals surface area contributed by atoms with Gasteiger partial charge in [-0.1, -0.05) is 29.4 Å². The highest BCUT2D eigenvalue weighted by Crippen LogP contribution is 2.28. The highest BCUT2D eigenvalue weighted by molar-refractivity contribution is 7.10. The van der Waals surface area contributed by atoms with Gasteiger partial charge in [0.25, 0.3) is 0 Å². The van der Waals surface area contributed by atoms with Crippen LogP contribution in [0.4, 0.5) is 0 Å². The minimum atomic E-state index is -0.407. The lowest BCUT2D eigenvalue weighted by atomic mass is 10.2. The van der Waals surface area contributed by atoms with Crippen LogP contribution in [0.5, 0.6) is 0 Å². The molecule has 4 rings (SSSR count). The van der Waals surface area contributed by atoms with Crippen molar-refractivity contribution in [3.05, 3.63) is 58.6 Å². The van der Waals surface area contributed by atoms with Gasteiger partial charge in [-0.25, -0.2) is 0 Å². The van der Waals surface area contributed by atoms with Gasteiger partial charge in [0.2, 0.25) is 11.7 Å². The van der Waals surface area contributed by atoms with Gasteiger partial charge in [0.15, 0.2) is 5.76 Å². The van der Waals surface area contributed by atoms with Gasteiger partial charge >= 0.3 is 0 Å². The maximum Gasteiger partial charge on any atom is 0.249 e. The molecular formula is C15H11N3O2S. The zero-order chi connectivity index (χ0) is 14.2. The maximum absolute atomic E-state index is 6.11. The number of para-hydroxylation sites is 1. The Labute approximate surface area is 124 Å². The molecule has 0 saturated heterocycles. The van der Waals surface area contributed by atoms with Crippen molar-refractivity contribution >= 4 is 22.3 Å². The monoisotopic (exact) mass is 297 g/mol. The topological polar surface area (TPSA) is 78.1 Å². The van der Waals surface area contributed by atoms with Crippen LogP contribution < -0.4 is 5.73 Å². The molecule has 4 aromatic rings. The number of nitrogens with two attached hydrogens (primary N) is 1. The molecule has 5 nitrogen and oxygen atoms in total. The van der Waals surface area contributed by atoms with E-state index in [1.807, 2.05) is 47.8 Å². The van der Waals surface area contributed by atoms with Crippen LogP contribution in [0, 0.1) is 0 Å². The lowest BCUT2D eigenvalue weighted by Crippen LogP contribution is -2.10. The average molecular weight is 297 g/mol. The lowest BCUT2D eigenvalue weighted by molar-refractivity contribution is 0.368. The zero-order valence-electron chi connectivity index (χ0n) is 10.9. The van der Waals surface area contributed by atoms with Crippen LogP contribution in [0.1, 0.15) is 16.8 Å².